The molecule has 0 aliphatic carbocycles. The molecule has 1 aromatic heterocycles. The number of nitrogens with zero attached hydrogens (tertiary/aromatic N) is 2. The van der Waals surface area contributed by atoms with E-state index in [0.29, 0.717) is 11.0 Å². The van der Waals surface area contributed by atoms with Crippen molar-refractivity contribution in [2.45, 2.75) is 46.2 Å². The Bertz CT molecular complexity index is 1020. The van der Waals surface area contributed by atoms with E-state index in [0.717, 1.165) is 36.3 Å². The molecule has 2 N–H and O–H groups in total. The molecule has 1 saturated heterocycles. The third kappa shape index (κ3) is 7.51. The van der Waals surface area contributed by atoms with Crippen LogP contribution in [0.2, 0.25) is 0 Å². The number of amides is 1. The van der Waals surface area contributed by atoms with Crippen molar-refractivity contribution >= 4 is 38.5 Å². The SMILES string of the molecule is CC1CCCN(Cc2csc(NC(=O)[C@@H](NS(=O)(=O)/C=C/c3ccccc3)C(C)C)n2)C1. The number of sulfonamides is 1. The van der Waals surface area contributed by atoms with E-state index in [-0.39, 0.29) is 5.92 Å². The van der Waals surface area contributed by atoms with Crippen LogP contribution in [0.15, 0.2) is 41.1 Å². The van der Waals surface area contributed by atoms with Crippen molar-refractivity contribution in [3.8, 4) is 0 Å². The van der Waals surface area contributed by atoms with Gasteiger partial charge in [-0.05, 0) is 42.9 Å². The van der Waals surface area contributed by atoms with Crippen molar-refractivity contribution in [3.05, 3.63) is 52.4 Å². The lowest BCUT2D eigenvalue weighted by molar-refractivity contribution is -0.118. The number of carbonyl (C=O) groups is 1. The molecule has 1 amide bonds. The molecule has 2 atom stereocenters. The lowest BCUT2D eigenvalue weighted by Gasteiger charge is -2.30. The standard InChI is InChI=1S/C23H32N4O3S2/c1-17(2)21(26-32(29,30)13-11-19-9-5-4-6-10-19)22(28)25-23-24-20(16-31-23)15-27-12-7-8-18(3)14-27/h4-6,9-11,13,16-18,21,26H,7-8,12,14-15H2,1-3H3,(H,24,25,28)/b13-11+/t18?,21-/m0/s1. The number of anilines is 1. The van der Waals surface area contributed by atoms with Gasteiger partial charge in [0, 0.05) is 23.9 Å². The van der Waals surface area contributed by atoms with Gasteiger partial charge in [0.1, 0.15) is 6.04 Å². The molecule has 2 aromatic rings. The lowest BCUT2D eigenvalue weighted by Crippen LogP contribution is -2.46. The second-order valence-electron chi connectivity index (χ2n) is 8.71. The average molecular weight is 477 g/mol. The third-order valence-corrected chi connectivity index (χ3v) is 7.27. The quantitative estimate of drug-likeness (QED) is 0.572. The molecule has 1 unspecified atom stereocenters. The molecule has 9 heteroatoms. The third-order valence-electron chi connectivity index (χ3n) is 5.39. The van der Waals surface area contributed by atoms with Crippen LogP contribution in [-0.2, 0) is 21.4 Å². The molecule has 1 aliphatic heterocycles. The Hall–Kier alpha value is -2.07. The molecule has 1 aliphatic rings. The van der Waals surface area contributed by atoms with Crippen molar-refractivity contribution in [1.82, 2.24) is 14.6 Å². The summed E-state index contributed by atoms with van der Waals surface area (Å²) in [5.74, 6) is 0.0469. The maximum atomic E-state index is 12.8. The largest absolute Gasteiger partial charge is 0.301 e. The maximum Gasteiger partial charge on any atom is 0.244 e. The first kappa shape index (κ1) is 24.6. The van der Waals surface area contributed by atoms with Gasteiger partial charge in [-0.3, -0.25) is 9.69 Å². The minimum atomic E-state index is -3.80. The smallest absolute Gasteiger partial charge is 0.244 e. The zero-order chi connectivity index (χ0) is 23.1. The van der Waals surface area contributed by atoms with E-state index in [4.69, 9.17) is 0 Å². The van der Waals surface area contributed by atoms with Gasteiger partial charge in [0.25, 0.3) is 0 Å². The number of hydrogen-bond acceptors (Lipinski definition) is 6. The van der Waals surface area contributed by atoms with E-state index in [9.17, 15) is 13.2 Å². The first-order chi connectivity index (χ1) is 15.2. The van der Waals surface area contributed by atoms with Crippen LogP contribution in [0.1, 0.15) is 44.9 Å². The fourth-order valence-corrected chi connectivity index (χ4v) is 5.57. The van der Waals surface area contributed by atoms with Crippen LogP contribution in [0.5, 0.6) is 0 Å². The van der Waals surface area contributed by atoms with Gasteiger partial charge in [-0.15, -0.1) is 11.3 Å². The molecule has 1 aromatic carbocycles. The van der Waals surface area contributed by atoms with Gasteiger partial charge >= 0.3 is 0 Å². The Labute approximate surface area is 195 Å². The minimum absolute atomic E-state index is 0.232. The fourth-order valence-electron chi connectivity index (χ4n) is 3.72. The molecule has 32 heavy (non-hydrogen) atoms. The number of likely N-dealkylation sites (tertiary alicyclic amines) is 1. The number of carbonyl (C=O) groups excluding carboxylic acids is 1. The molecule has 0 bridgehead atoms. The molecule has 174 valence electrons. The van der Waals surface area contributed by atoms with E-state index in [1.807, 2.05) is 35.7 Å². The summed E-state index contributed by atoms with van der Waals surface area (Å²) >= 11 is 1.36. The summed E-state index contributed by atoms with van der Waals surface area (Å²) in [4.78, 5) is 19.8. The van der Waals surface area contributed by atoms with E-state index in [1.165, 1.54) is 30.3 Å². The van der Waals surface area contributed by atoms with Crippen LogP contribution in [0.25, 0.3) is 6.08 Å². The van der Waals surface area contributed by atoms with Gasteiger partial charge < -0.3 is 5.32 Å². The Morgan fingerprint density at radius 2 is 2.06 bits per heavy atom. The van der Waals surface area contributed by atoms with Crippen LogP contribution in [0, 0.1) is 11.8 Å². The lowest BCUT2D eigenvalue weighted by atomic mass is 10.0. The number of aromatic nitrogens is 1. The Balaban J connectivity index is 1.60. The number of piperidine rings is 1. The van der Waals surface area contributed by atoms with Gasteiger partial charge in [0.15, 0.2) is 5.13 Å². The van der Waals surface area contributed by atoms with Crippen LogP contribution >= 0.6 is 11.3 Å². The predicted octanol–water partition coefficient (Wildman–Crippen LogP) is 3.93. The number of benzene rings is 1. The Kier molecular flexibility index (Phi) is 8.58. The molecule has 1 fully saturated rings. The zero-order valence-corrected chi connectivity index (χ0v) is 20.5. The summed E-state index contributed by atoms with van der Waals surface area (Å²) in [7, 11) is -3.80. The van der Waals surface area contributed by atoms with Crippen molar-refractivity contribution < 1.29 is 13.2 Å². The highest BCUT2D eigenvalue weighted by Gasteiger charge is 2.27. The highest BCUT2D eigenvalue weighted by molar-refractivity contribution is 7.92. The summed E-state index contributed by atoms with van der Waals surface area (Å²) in [6, 6.07) is 8.24. The molecule has 3 rings (SSSR count). The van der Waals surface area contributed by atoms with Crippen LogP contribution in [-0.4, -0.2) is 43.3 Å². The summed E-state index contributed by atoms with van der Waals surface area (Å²) in [6.45, 7) is 8.77. The van der Waals surface area contributed by atoms with Crippen molar-refractivity contribution in [1.29, 1.82) is 0 Å². The number of thiazole rings is 1. The number of nitrogens with one attached hydrogen (secondary N) is 2. The van der Waals surface area contributed by atoms with Gasteiger partial charge in [0.2, 0.25) is 15.9 Å². The molecule has 0 spiro atoms. The second kappa shape index (κ2) is 11.2. The van der Waals surface area contributed by atoms with E-state index < -0.39 is 22.0 Å². The van der Waals surface area contributed by atoms with Crippen LogP contribution < -0.4 is 10.0 Å². The van der Waals surface area contributed by atoms with Crippen LogP contribution in [0.3, 0.4) is 0 Å². The average Bonchev–Trinajstić information content (AvgIpc) is 3.18. The molecular weight excluding hydrogens is 444 g/mol. The van der Waals surface area contributed by atoms with E-state index in [1.54, 1.807) is 13.8 Å². The molecule has 0 radical (unpaired) electrons. The van der Waals surface area contributed by atoms with Gasteiger partial charge in [-0.25, -0.2) is 13.4 Å². The summed E-state index contributed by atoms with van der Waals surface area (Å²) in [5, 5.41) is 6.31. The zero-order valence-electron chi connectivity index (χ0n) is 18.8. The van der Waals surface area contributed by atoms with Crippen molar-refractivity contribution in [2.75, 3.05) is 18.4 Å². The summed E-state index contributed by atoms with van der Waals surface area (Å²) < 4.78 is 27.6. The maximum absolute atomic E-state index is 12.8. The minimum Gasteiger partial charge on any atom is -0.301 e. The normalized spacial score (nSPS) is 18.8. The first-order valence-corrected chi connectivity index (χ1v) is 13.4. The molecule has 7 nitrogen and oxygen atoms in total. The summed E-state index contributed by atoms with van der Waals surface area (Å²) in [5.41, 5.74) is 1.69. The Morgan fingerprint density at radius 1 is 1.31 bits per heavy atom. The monoisotopic (exact) mass is 476 g/mol. The van der Waals surface area contributed by atoms with Crippen molar-refractivity contribution in [2.24, 2.45) is 11.8 Å². The van der Waals surface area contributed by atoms with E-state index >= 15 is 0 Å². The van der Waals surface area contributed by atoms with Gasteiger partial charge in [-0.2, -0.15) is 4.72 Å². The topological polar surface area (TPSA) is 91.4 Å². The summed E-state index contributed by atoms with van der Waals surface area (Å²) in [6.07, 6.45) is 3.97. The number of rotatable bonds is 9. The fraction of sp³-hybridized carbons (Fsp3) is 0.478. The molecular formula is C23H32N4O3S2. The van der Waals surface area contributed by atoms with Crippen LogP contribution in [0.4, 0.5) is 5.13 Å². The highest BCUT2D eigenvalue weighted by atomic mass is 32.2. The van der Waals surface area contributed by atoms with Gasteiger partial charge in [-0.1, -0.05) is 51.1 Å². The molecule has 0 saturated carbocycles. The highest BCUT2D eigenvalue weighted by Crippen LogP contribution is 2.21. The Morgan fingerprint density at radius 3 is 2.75 bits per heavy atom. The number of hydrogen-bond donors (Lipinski definition) is 2. The van der Waals surface area contributed by atoms with Gasteiger partial charge in [0.05, 0.1) is 5.69 Å². The second-order valence-corrected chi connectivity index (χ2v) is 11.2. The van der Waals surface area contributed by atoms with Crippen molar-refractivity contribution in [3.63, 3.8) is 0 Å². The van der Waals surface area contributed by atoms with E-state index in [2.05, 4.69) is 26.8 Å². The predicted molar refractivity (Wildman–Crippen MR) is 131 cm³/mol. The molecule has 2 heterocycles. The first-order valence-electron chi connectivity index (χ1n) is 10.9.